The molecule has 0 bridgehead atoms. The van der Waals surface area contributed by atoms with E-state index in [-0.39, 0.29) is 37.3 Å². The minimum atomic E-state index is -4.42. The van der Waals surface area contributed by atoms with E-state index < -0.39 is 17.6 Å². The van der Waals surface area contributed by atoms with Crippen molar-refractivity contribution >= 4 is 5.91 Å². The van der Waals surface area contributed by atoms with Gasteiger partial charge in [0.2, 0.25) is 5.89 Å². The number of hydrogen-bond donors (Lipinski definition) is 1. The predicted octanol–water partition coefficient (Wildman–Crippen LogP) is 5.98. The highest BCUT2D eigenvalue weighted by Gasteiger charge is 2.30. The number of furan rings is 1. The third kappa shape index (κ3) is 6.39. The zero-order chi connectivity index (χ0) is 24.8. The monoisotopic (exact) mass is 483 g/mol. The molecule has 1 amide bonds. The van der Waals surface area contributed by atoms with Crippen LogP contribution in [0.1, 0.15) is 51.8 Å². The summed E-state index contributed by atoms with van der Waals surface area (Å²) >= 11 is 0. The van der Waals surface area contributed by atoms with Gasteiger partial charge in [-0.3, -0.25) is 9.69 Å². The first-order valence-corrected chi connectivity index (χ1v) is 11.0. The van der Waals surface area contributed by atoms with Crippen LogP contribution < -0.4 is 5.32 Å². The summed E-state index contributed by atoms with van der Waals surface area (Å²) in [6, 6.07) is 18.2. The molecule has 0 fully saturated rings. The van der Waals surface area contributed by atoms with Crippen LogP contribution in [0.15, 0.2) is 88.1 Å². The number of oxazole rings is 1. The first kappa shape index (κ1) is 24.3. The maximum atomic E-state index is 13.2. The van der Waals surface area contributed by atoms with Gasteiger partial charge in [-0.15, -0.1) is 0 Å². The average Bonchev–Trinajstić information content (AvgIpc) is 3.54. The fourth-order valence-corrected chi connectivity index (χ4v) is 3.69. The molecule has 0 spiro atoms. The first-order chi connectivity index (χ1) is 16.8. The third-order valence-corrected chi connectivity index (χ3v) is 5.60. The topological polar surface area (TPSA) is 71.5 Å². The van der Waals surface area contributed by atoms with Crippen LogP contribution in [-0.2, 0) is 25.8 Å². The molecule has 2 heterocycles. The fourth-order valence-electron chi connectivity index (χ4n) is 3.69. The van der Waals surface area contributed by atoms with Crippen molar-refractivity contribution in [2.24, 2.45) is 0 Å². The molecule has 6 nitrogen and oxygen atoms in total. The molecule has 0 radical (unpaired) electrons. The van der Waals surface area contributed by atoms with Crippen molar-refractivity contribution in [3.05, 3.63) is 113 Å². The molecule has 0 aliphatic heterocycles. The Kier molecular flexibility index (Phi) is 7.36. The minimum Gasteiger partial charge on any atom is -0.467 e. The Bertz CT molecular complexity index is 1240. The number of benzene rings is 2. The van der Waals surface area contributed by atoms with Crippen LogP contribution in [0.25, 0.3) is 0 Å². The highest BCUT2D eigenvalue weighted by atomic mass is 19.4. The Labute approximate surface area is 200 Å². The van der Waals surface area contributed by atoms with E-state index in [9.17, 15) is 18.0 Å². The summed E-state index contributed by atoms with van der Waals surface area (Å²) in [5.41, 5.74) is 0.903. The van der Waals surface area contributed by atoms with Crippen LogP contribution in [0.3, 0.4) is 0 Å². The van der Waals surface area contributed by atoms with E-state index in [1.807, 2.05) is 42.2 Å². The molecule has 0 aliphatic carbocycles. The van der Waals surface area contributed by atoms with Crippen molar-refractivity contribution in [1.29, 1.82) is 0 Å². The number of halogens is 3. The molecule has 0 saturated heterocycles. The van der Waals surface area contributed by atoms with Crippen LogP contribution in [0.2, 0.25) is 0 Å². The van der Waals surface area contributed by atoms with Gasteiger partial charge in [0, 0.05) is 12.6 Å². The van der Waals surface area contributed by atoms with E-state index in [1.165, 1.54) is 18.6 Å². The number of rotatable bonds is 9. The van der Waals surface area contributed by atoms with Gasteiger partial charge in [-0.1, -0.05) is 48.5 Å². The second kappa shape index (κ2) is 10.6. The number of hydrogen-bond acceptors (Lipinski definition) is 5. The van der Waals surface area contributed by atoms with Gasteiger partial charge in [-0.2, -0.15) is 13.2 Å². The standard InChI is InChI=1S/C26H24F3N3O3/c1-18(20-8-3-2-4-9-20)32(15-19-7-5-10-21(13-19)26(27,28)29)16-24-31-23(17-35-24)25(33)30-14-22-11-6-12-34-22/h2-13,17-18H,14-16H2,1H3,(H,30,33)/t18-/m0/s1. The summed E-state index contributed by atoms with van der Waals surface area (Å²) in [4.78, 5) is 18.7. The van der Waals surface area contributed by atoms with Crippen LogP contribution in [-0.4, -0.2) is 15.8 Å². The Morgan fingerprint density at radius 2 is 1.83 bits per heavy atom. The van der Waals surface area contributed by atoms with Crippen LogP contribution in [0, 0.1) is 0 Å². The molecular weight excluding hydrogens is 459 g/mol. The summed E-state index contributed by atoms with van der Waals surface area (Å²) in [5.74, 6) is 0.464. The second-order valence-corrected chi connectivity index (χ2v) is 8.08. The molecule has 4 aromatic rings. The molecule has 2 aromatic carbocycles. The van der Waals surface area contributed by atoms with Crippen molar-refractivity contribution in [3.63, 3.8) is 0 Å². The van der Waals surface area contributed by atoms with Gasteiger partial charge in [0.25, 0.3) is 5.91 Å². The van der Waals surface area contributed by atoms with Gasteiger partial charge in [-0.05, 0) is 36.2 Å². The number of carbonyl (C=O) groups excluding carboxylic acids is 1. The summed E-state index contributed by atoms with van der Waals surface area (Å²) in [6.45, 7) is 2.59. The SMILES string of the molecule is C[C@@H](c1ccccc1)N(Cc1cccc(C(F)(F)F)c1)Cc1nc(C(=O)NCc2ccco2)co1. The first-order valence-electron chi connectivity index (χ1n) is 11.0. The van der Waals surface area contributed by atoms with Crippen molar-refractivity contribution < 1.29 is 26.8 Å². The predicted molar refractivity (Wildman–Crippen MR) is 122 cm³/mol. The molecule has 1 atom stereocenters. The van der Waals surface area contributed by atoms with Gasteiger partial charge in [0.15, 0.2) is 5.69 Å². The van der Waals surface area contributed by atoms with Gasteiger partial charge in [0.05, 0.1) is 24.9 Å². The van der Waals surface area contributed by atoms with E-state index in [1.54, 1.807) is 18.2 Å². The van der Waals surface area contributed by atoms with Gasteiger partial charge in [0.1, 0.15) is 12.0 Å². The van der Waals surface area contributed by atoms with E-state index in [0.717, 1.165) is 17.7 Å². The molecule has 4 rings (SSSR count). The quantitative estimate of drug-likeness (QED) is 0.317. The maximum Gasteiger partial charge on any atom is 0.416 e. The number of aromatic nitrogens is 1. The van der Waals surface area contributed by atoms with Crippen molar-refractivity contribution in [3.8, 4) is 0 Å². The van der Waals surface area contributed by atoms with E-state index in [0.29, 0.717) is 11.3 Å². The molecule has 0 unspecified atom stereocenters. The molecular formula is C26H24F3N3O3. The number of carbonyl (C=O) groups is 1. The summed E-state index contributed by atoms with van der Waals surface area (Å²) in [5, 5.41) is 2.70. The second-order valence-electron chi connectivity index (χ2n) is 8.08. The van der Waals surface area contributed by atoms with Crippen molar-refractivity contribution in [1.82, 2.24) is 15.2 Å². The molecule has 35 heavy (non-hydrogen) atoms. The Balaban J connectivity index is 1.51. The Morgan fingerprint density at radius 3 is 2.54 bits per heavy atom. The Hall–Kier alpha value is -3.85. The highest BCUT2D eigenvalue weighted by Crippen LogP contribution is 2.31. The number of nitrogens with one attached hydrogen (secondary N) is 1. The largest absolute Gasteiger partial charge is 0.467 e. The van der Waals surface area contributed by atoms with E-state index in [2.05, 4.69) is 10.3 Å². The third-order valence-electron chi connectivity index (χ3n) is 5.60. The lowest BCUT2D eigenvalue weighted by molar-refractivity contribution is -0.137. The normalized spacial score (nSPS) is 12.6. The lowest BCUT2D eigenvalue weighted by Crippen LogP contribution is -2.27. The van der Waals surface area contributed by atoms with Gasteiger partial charge in [-0.25, -0.2) is 4.98 Å². The lowest BCUT2D eigenvalue weighted by Gasteiger charge is -2.28. The van der Waals surface area contributed by atoms with Gasteiger partial charge < -0.3 is 14.2 Å². The van der Waals surface area contributed by atoms with E-state index in [4.69, 9.17) is 8.83 Å². The molecule has 9 heteroatoms. The smallest absolute Gasteiger partial charge is 0.416 e. The minimum absolute atomic E-state index is 0.109. The Morgan fingerprint density at radius 1 is 1.03 bits per heavy atom. The number of amides is 1. The summed E-state index contributed by atoms with van der Waals surface area (Å²) < 4.78 is 50.4. The zero-order valence-corrected chi connectivity index (χ0v) is 19.0. The van der Waals surface area contributed by atoms with E-state index >= 15 is 0 Å². The fraction of sp³-hybridized carbons (Fsp3) is 0.231. The molecule has 2 aromatic heterocycles. The zero-order valence-electron chi connectivity index (χ0n) is 19.0. The van der Waals surface area contributed by atoms with Crippen molar-refractivity contribution in [2.45, 2.75) is 38.8 Å². The lowest BCUT2D eigenvalue weighted by atomic mass is 10.0. The molecule has 0 aliphatic rings. The maximum absolute atomic E-state index is 13.2. The molecule has 182 valence electrons. The summed E-state index contributed by atoms with van der Waals surface area (Å²) in [6.07, 6.45) is -1.64. The number of nitrogens with zero attached hydrogens (tertiary/aromatic N) is 2. The van der Waals surface area contributed by atoms with Gasteiger partial charge >= 0.3 is 6.18 Å². The molecule has 1 N–H and O–H groups in total. The van der Waals surface area contributed by atoms with Crippen molar-refractivity contribution in [2.75, 3.05) is 0 Å². The molecule has 0 saturated carbocycles. The van der Waals surface area contributed by atoms with Crippen LogP contribution in [0.5, 0.6) is 0 Å². The average molecular weight is 483 g/mol. The highest BCUT2D eigenvalue weighted by molar-refractivity contribution is 5.91. The van der Waals surface area contributed by atoms with Crippen LogP contribution in [0.4, 0.5) is 13.2 Å². The summed E-state index contributed by atoms with van der Waals surface area (Å²) in [7, 11) is 0. The number of alkyl halides is 3. The van der Waals surface area contributed by atoms with Crippen LogP contribution >= 0.6 is 0 Å².